The highest BCUT2D eigenvalue weighted by atomic mass is 19.1. The van der Waals surface area contributed by atoms with E-state index in [0.717, 1.165) is 12.1 Å². The van der Waals surface area contributed by atoms with Gasteiger partial charge >= 0.3 is 0 Å². The molecular formula is C22H21FN2O2. The largest absolute Gasteiger partial charge is 0.459 e. The highest BCUT2D eigenvalue weighted by molar-refractivity contribution is 5.82. The van der Waals surface area contributed by atoms with E-state index in [2.05, 4.69) is 22.3 Å². The van der Waals surface area contributed by atoms with Crippen molar-refractivity contribution in [2.75, 3.05) is 7.05 Å². The van der Waals surface area contributed by atoms with Crippen LogP contribution in [0.15, 0.2) is 65.1 Å². The Morgan fingerprint density at radius 3 is 2.63 bits per heavy atom. The van der Waals surface area contributed by atoms with Crippen LogP contribution in [-0.4, -0.2) is 23.9 Å². The molecule has 1 N–H and O–H groups in total. The molecule has 3 aromatic rings. The van der Waals surface area contributed by atoms with Gasteiger partial charge in [-0.05, 0) is 61.0 Å². The number of benzene rings is 2. The first-order valence-corrected chi connectivity index (χ1v) is 8.99. The number of nitrogens with zero attached hydrogens (tertiary/aromatic N) is 1. The lowest BCUT2D eigenvalue weighted by Crippen LogP contribution is -2.48. The third-order valence-electron chi connectivity index (χ3n) is 5.01. The SMILES string of the molecule is CN1Cc2ccccc2C[C@H]1C(=O)NCc1ccc(-c2ccc(F)cc2)o1. The minimum atomic E-state index is -0.282. The van der Waals surface area contributed by atoms with Crippen LogP contribution in [0.3, 0.4) is 0 Å². The van der Waals surface area contributed by atoms with E-state index < -0.39 is 0 Å². The fraction of sp³-hybridized carbons (Fsp3) is 0.227. The quantitative estimate of drug-likeness (QED) is 0.767. The van der Waals surface area contributed by atoms with E-state index in [4.69, 9.17) is 4.42 Å². The number of furan rings is 1. The Kier molecular flexibility index (Phi) is 4.77. The molecule has 2 aromatic carbocycles. The second-order valence-corrected chi connectivity index (χ2v) is 6.89. The summed E-state index contributed by atoms with van der Waals surface area (Å²) < 4.78 is 18.8. The summed E-state index contributed by atoms with van der Waals surface area (Å²) >= 11 is 0. The van der Waals surface area contributed by atoms with Gasteiger partial charge in [0.1, 0.15) is 17.3 Å². The van der Waals surface area contributed by atoms with Gasteiger partial charge < -0.3 is 9.73 Å². The molecule has 0 spiro atoms. The minimum Gasteiger partial charge on any atom is -0.459 e. The second-order valence-electron chi connectivity index (χ2n) is 6.89. The number of fused-ring (bicyclic) bond motifs is 1. The molecule has 1 aliphatic rings. The number of amides is 1. The van der Waals surface area contributed by atoms with E-state index in [1.807, 2.05) is 31.3 Å². The topological polar surface area (TPSA) is 45.5 Å². The van der Waals surface area contributed by atoms with Crippen LogP contribution in [0.2, 0.25) is 0 Å². The molecule has 0 aliphatic carbocycles. The summed E-state index contributed by atoms with van der Waals surface area (Å²) in [7, 11) is 1.97. The molecule has 0 saturated carbocycles. The third kappa shape index (κ3) is 3.78. The van der Waals surface area contributed by atoms with Gasteiger partial charge in [-0.1, -0.05) is 24.3 Å². The van der Waals surface area contributed by atoms with Gasteiger partial charge in [0.2, 0.25) is 5.91 Å². The molecular weight excluding hydrogens is 343 g/mol. The van der Waals surface area contributed by atoms with Gasteiger partial charge in [0.05, 0.1) is 12.6 Å². The number of carbonyl (C=O) groups excluding carboxylic acids is 1. The molecule has 27 heavy (non-hydrogen) atoms. The van der Waals surface area contributed by atoms with E-state index in [1.54, 1.807) is 12.1 Å². The van der Waals surface area contributed by atoms with E-state index >= 15 is 0 Å². The van der Waals surface area contributed by atoms with Gasteiger partial charge in [-0.15, -0.1) is 0 Å². The summed E-state index contributed by atoms with van der Waals surface area (Å²) in [6, 6.07) is 17.9. The van der Waals surface area contributed by atoms with E-state index in [0.29, 0.717) is 24.5 Å². The molecule has 0 unspecified atom stereocenters. The maximum atomic E-state index is 13.0. The normalized spacial score (nSPS) is 16.7. The summed E-state index contributed by atoms with van der Waals surface area (Å²) in [5.74, 6) is 1.03. The molecule has 1 aromatic heterocycles. The van der Waals surface area contributed by atoms with Crippen molar-refractivity contribution < 1.29 is 13.6 Å². The number of halogens is 1. The molecule has 1 atom stereocenters. The first-order chi connectivity index (χ1) is 13.1. The van der Waals surface area contributed by atoms with Gasteiger partial charge in [-0.2, -0.15) is 0 Å². The third-order valence-corrected chi connectivity index (χ3v) is 5.01. The summed E-state index contributed by atoms with van der Waals surface area (Å²) in [6.45, 7) is 1.09. The Morgan fingerprint density at radius 2 is 1.85 bits per heavy atom. The highest BCUT2D eigenvalue weighted by Gasteiger charge is 2.28. The van der Waals surface area contributed by atoms with Crippen molar-refractivity contribution in [2.24, 2.45) is 0 Å². The van der Waals surface area contributed by atoms with E-state index in [9.17, 15) is 9.18 Å². The predicted octanol–water partition coefficient (Wildman–Crippen LogP) is 3.76. The summed E-state index contributed by atoms with van der Waals surface area (Å²) in [6.07, 6.45) is 0.706. The Morgan fingerprint density at radius 1 is 1.11 bits per heavy atom. The Hall–Kier alpha value is -2.92. The lowest BCUT2D eigenvalue weighted by Gasteiger charge is -2.32. The van der Waals surface area contributed by atoms with Gasteiger partial charge in [0.15, 0.2) is 0 Å². The van der Waals surface area contributed by atoms with Crippen LogP contribution in [0.1, 0.15) is 16.9 Å². The van der Waals surface area contributed by atoms with Crippen LogP contribution in [0, 0.1) is 5.82 Å². The lowest BCUT2D eigenvalue weighted by atomic mass is 9.94. The Bertz CT molecular complexity index is 949. The van der Waals surface area contributed by atoms with Gasteiger partial charge in [-0.3, -0.25) is 9.69 Å². The maximum Gasteiger partial charge on any atom is 0.238 e. The van der Waals surface area contributed by atoms with Crippen LogP contribution in [0.5, 0.6) is 0 Å². The number of nitrogens with one attached hydrogen (secondary N) is 1. The molecule has 1 aliphatic heterocycles. The maximum absolute atomic E-state index is 13.0. The zero-order valence-corrected chi connectivity index (χ0v) is 15.1. The predicted molar refractivity (Wildman–Crippen MR) is 101 cm³/mol. The zero-order chi connectivity index (χ0) is 18.8. The van der Waals surface area contributed by atoms with Crippen LogP contribution in [0.4, 0.5) is 4.39 Å². The van der Waals surface area contributed by atoms with Crippen LogP contribution < -0.4 is 5.32 Å². The number of hydrogen-bond acceptors (Lipinski definition) is 3. The molecule has 0 radical (unpaired) electrons. The molecule has 5 heteroatoms. The monoisotopic (exact) mass is 364 g/mol. The van der Waals surface area contributed by atoms with Crippen LogP contribution in [-0.2, 0) is 24.3 Å². The average Bonchev–Trinajstić information content (AvgIpc) is 3.15. The molecule has 2 heterocycles. The molecule has 4 nitrogen and oxygen atoms in total. The fourth-order valence-electron chi connectivity index (χ4n) is 3.48. The van der Waals surface area contributed by atoms with E-state index in [1.165, 1.54) is 23.3 Å². The highest BCUT2D eigenvalue weighted by Crippen LogP contribution is 2.24. The number of carbonyl (C=O) groups is 1. The molecule has 138 valence electrons. The second kappa shape index (κ2) is 7.37. The van der Waals surface area contributed by atoms with Crippen molar-refractivity contribution in [1.82, 2.24) is 10.2 Å². The summed E-state index contributed by atoms with van der Waals surface area (Å²) in [5, 5.41) is 2.97. The van der Waals surface area contributed by atoms with Gasteiger partial charge in [0.25, 0.3) is 0 Å². The van der Waals surface area contributed by atoms with Crippen molar-refractivity contribution >= 4 is 5.91 Å². The molecule has 4 rings (SSSR count). The van der Waals surface area contributed by atoms with Crippen molar-refractivity contribution in [3.05, 3.63) is 83.4 Å². The molecule has 0 bridgehead atoms. The number of hydrogen-bond donors (Lipinski definition) is 1. The van der Waals surface area contributed by atoms with Crippen molar-refractivity contribution in [3.63, 3.8) is 0 Å². The first kappa shape index (κ1) is 17.5. The van der Waals surface area contributed by atoms with Crippen LogP contribution in [0.25, 0.3) is 11.3 Å². The smallest absolute Gasteiger partial charge is 0.238 e. The molecule has 0 saturated heterocycles. The average molecular weight is 364 g/mol. The summed E-state index contributed by atoms with van der Waals surface area (Å²) in [5.41, 5.74) is 3.31. The first-order valence-electron chi connectivity index (χ1n) is 8.99. The van der Waals surface area contributed by atoms with Crippen molar-refractivity contribution in [1.29, 1.82) is 0 Å². The van der Waals surface area contributed by atoms with E-state index in [-0.39, 0.29) is 17.8 Å². The molecule has 0 fully saturated rings. The van der Waals surface area contributed by atoms with Gasteiger partial charge in [0, 0.05) is 12.1 Å². The Balaban J connectivity index is 1.39. The van der Waals surface area contributed by atoms with Gasteiger partial charge in [-0.25, -0.2) is 4.39 Å². The number of rotatable bonds is 4. The minimum absolute atomic E-state index is 0.00765. The summed E-state index contributed by atoms with van der Waals surface area (Å²) in [4.78, 5) is 14.7. The molecule has 1 amide bonds. The van der Waals surface area contributed by atoms with Crippen molar-refractivity contribution in [3.8, 4) is 11.3 Å². The van der Waals surface area contributed by atoms with Crippen LogP contribution >= 0.6 is 0 Å². The number of likely N-dealkylation sites (N-methyl/N-ethyl adjacent to an activating group) is 1. The Labute approximate surface area is 157 Å². The zero-order valence-electron chi connectivity index (χ0n) is 15.1. The fourth-order valence-corrected chi connectivity index (χ4v) is 3.48. The van der Waals surface area contributed by atoms with Crippen molar-refractivity contribution in [2.45, 2.75) is 25.6 Å². The lowest BCUT2D eigenvalue weighted by molar-refractivity contribution is -0.126. The standard InChI is InChI=1S/C22H21FN2O2/c1-25-14-17-5-3-2-4-16(17)12-20(25)22(26)24-13-19-10-11-21(27-19)15-6-8-18(23)9-7-15/h2-11,20H,12-14H2,1H3,(H,24,26)/t20-/m0/s1.